The molecule has 1 aromatic carbocycles. The lowest BCUT2D eigenvalue weighted by Crippen LogP contribution is -2.44. The van der Waals surface area contributed by atoms with Crippen molar-refractivity contribution in [3.8, 4) is 11.5 Å². The van der Waals surface area contributed by atoms with E-state index in [9.17, 15) is 4.79 Å². The maximum Gasteiger partial charge on any atom is 0.260 e. The van der Waals surface area contributed by atoms with Gasteiger partial charge in [0.2, 0.25) is 0 Å². The third-order valence-corrected chi connectivity index (χ3v) is 5.21. The second kappa shape index (κ2) is 10.1. The van der Waals surface area contributed by atoms with Gasteiger partial charge in [-0.25, -0.2) is 0 Å². The normalized spacial score (nSPS) is 20.0. The molecule has 6 heteroatoms. The van der Waals surface area contributed by atoms with Crippen molar-refractivity contribution in [3.05, 3.63) is 23.8 Å². The number of amides is 1. The summed E-state index contributed by atoms with van der Waals surface area (Å²) in [5, 5.41) is 0. The highest BCUT2D eigenvalue weighted by Gasteiger charge is 2.26. The predicted octanol–water partition coefficient (Wildman–Crippen LogP) is 2.89. The molecule has 0 saturated carbocycles. The number of rotatable bonds is 9. The van der Waals surface area contributed by atoms with Crippen LogP contribution in [0.3, 0.4) is 0 Å². The summed E-state index contributed by atoms with van der Waals surface area (Å²) in [4.78, 5) is 16.8. The largest absolute Gasteiger partial charge is 0.490 e. The molecule has 2 rings (SSSR count). The van der Waals surface area contributed by atoms with Crippen LogP contribution in [0.25, 0.3) is 0 Å². The summed E-state index contributed by atoms with van der Waals surface area (Å²) in [6, 6.07) is 6.48. The first-order chi connectivity index (χ1) is 13.2. The zero-order valence-corrected chi connectivity index (χ0v) is 18.3. The van der Waals surface area contributed by atoms with E-state index in [2.05, 4.69) is 11.8 Å². The first-order valence-electron chi connectivity index (χ1n) is 10.4. The average molecular weight is 392 g/mol. The molecule has 0 spiro atoms. The molecule has 1 saturated heterocycles. The number of ether oxygens (including phenoxy) is 2. The fourth-order valence-electron chi connectivity index (χ4n) is 3.91. The number of nitrogens with two attached hydrogens (primary N) is 1. The summed E-state index contributed by atoms with van der Waals surface area (Å²) in [6.45, 7) is 15.5. The minimum absolute atomic E-state index is 0.00821. The maximum atomic E-state index is 12.6. The molecule has 2 N–H and O–H groups in total. The quantitative estimate of drug-likeness (QED) is 0.701. The fraction of sp³-hybridized carbons (Fsp3) is 0.682. The van der Waals surface area contributed by atoms with E-state index in [0.717, 1.165) is 25.2 Å². The second-order valence-electron chi connectivity index (χ2n) is 8.33. The average Bonchev–Trinajstić information content (AvgIpc) is 2.91. The number of carbonyl (C=O) groups is 1. The molecule has 1 aliphatic rings. The monoisotopic (exact) mass is 391 g/mol. The van der Waals surface area contributed by atoms with Crippen LogP contribution in [0.15, 0.2) is 18.2 Å². The van der Waals surface area contributed by atoms with E-state index in [1.165, 1.54) is 0 Å². The molecule has 1 amide bonds. The van der Waals surface area contributed by atoms with Gasteiger partial charge in [-0.15, -0.1) is 0 Å². The molecular weight excluding hydrogens is 354 g/mol. The fourth-order valence-corrected chi connectivity index (χ4v) is 3.91. The van der Waals surface area contributed by atoms with Crippen LogP contribution in [0, 0.1) is 5.92 Å². The number of nitrogens with zero attached hydrogens (tertiary/aromatic N) is 2. The van der Waals surface area contributed by atoms with Crippen LogP contribution < -0.4 is 15.2 Å². The van der Waals surface area contributed by atoms with Crippen LogP contribution in [-0.4, -0.2) is 60.1 Å². The third kappa shape index (κ3) is 5.85. The van der Waals surface area contributed by atoms with E-state index in [1.807, 2.05) is 57.7 Å². The molecule has 0 aromatic heterocycles. The minimum atomic E-state index is -0.0171. The van der Waals surface area contributed by atoms with Gasteiger partial charge in [-0.1, -0.05) is 13.0 Å². The summed E-state index contributed by atoms with van der Waals surface area (Å²) >= 11 is 0. The zero-order chi connectivity index (χ0) is 20.8. The summed E-state index contributed by atoms with van der Waals surface area (Å²) in [7, 11) is 0. The molecule has 1 fully saturated rings. The Morgan fingerprint density at radius 3 is 2.39 bits per heavy atom. The summed E-state index contributed by atoms with van der Waals surface area (Å²) < 4.78 is 11.6. The third-order valence-electron chi connectivity index (χ3n) is 5.21. The molecule has 0 aliphatic carbocycles. The van der Waals surface area contributed by atoms with Crippen LogP contribution in [-0.2, 0) is 11.3 Å². The SMILES string of the molecule is CCOc1cc(CN2CC(C)C(N)C2)ccc1OCC(=O)N(C(C)C)C(C)C. The van der Waals surface area contributed by atoms with E-state index in [1.54, 1.807) is 0 Å². The van der Waals surface area contributed by atoms with E-state index < -0.39 is 0 Å². The lowest BCUT2D eigenvalue weighted by molar-refractivity contribution is -0.137. The Bertz CT molecular complexity index is 630. The van der Waals surface area contributed by atoms with Gasteiger partial charge in [-0.2, -0.15) is 0 Å². The zero-order valence-electron chi connectivity index (χ0n) is 18.3. The Morgan fingerprint density at radius 2 is 1.86 bits per heavy atom. The molecule has 6 nitrogen and oxygen atoms in total. The molecule has 1 aliphatic heterocycles. The van der Waals surface area contributed by atoms with E-state index >= 15 is 0 Å². The lowest BCUT2D eigenvalue weighted by atomic mass is 10.1. The number of benzene rings is 1. The van der Waals surface area contributed by atoms with Crippen LogP contribution in [0.1, 0.15) is 47.1 Å². The van der Waals surface area contributed by atoms with Crippen LogP contribution in [0.5, 0.6) is 11.5 Å². The number of carbonyl (C=O) groups excluding carboxylic acids is 1. The maximum absolute atomic E-state index is 12.6. The van der Waals surface area contributed by atoms with Crippen LogP contribution >= 0.6 is 0 Å². The van der Waals surface area contributed by atoms with Gasteiger partial charge in [0.25, 0.3) is 5.91 Å². The molecular formula is C22H37N3O3. The highest BCUT2D eigenvalue weighted by atomic mass is 16.5. The van der Waals surface area contributed by atoms with Gasteiger partial charge in [0.05, 0.1) is 6.61 Å². The van der Waals surface area contributed by atoms with Crippen molar-refractivity contribution in [3.63, 3.8) is 0 Å². The number of hydrogen-bond acceptors (Lipinski definition) is 5. The Hall–Kier alpha value is -1.79. The smallest absolute Gasteiger partial charge is 0.260 e. The highest BCUT2D eigenvalue weighted by Crippen LogP contribution is 2.30. The van der Waals surface area contributed by atoms with Gasteiger partial charge >= 0.3 is 0 Å². The molecule has 1 heterocycles. The van der Waals surface area contributed by atoms with Gasteiger partial charge < -0.3 is 20.1 Å². The summed E-state index contributed by atoms with van der Waals surface area (Å²) in [5.74, 6) is 1.80. The van der Waals surface area contributed by atoms with Crippen molar-refractivity contribution in [2.24, 2.45) is 11.7 Å². The van der Waals surface area contributed by atoms with Crippen LogP contribution in [0.4, 0.5) is 0 Å². The Morgan fingerprint density at radius 1 is 1.18 bits per heavy atom. The Balaban J connectivity index is 2.05. The topological polar surface area (TPSA) is 68.0 Å². The molecule has 0 radical (unpaired) electrons. The molecule has 158 valence electrons. The first kappa shape index (κ1) is 22.5. The Labute approximate surface area is 170 Å². The van der Waals surface area contributed by atoms with E-state index in [-0.39, 0.29) is 30.6 Å². The van der Waals surface area contributed by atoms with E-state index in [4.69, 9.17) is 15.2 Å². The van der Waals surface area contributed by atoms with Crippen molar-refractivity contribution >= 4 is 5.91 Å². The van der Waals surface area contributed by atoms with Gasteiger partial charge in [-0.05, 0) is 58.2 Å². The van der Waals surface area contributed by atoms with E-state index in [0.29, 0.717) is 24.0 Å². The molecule has 28 heavy (non-hydrogen) atoms. The molecule has 2 unspecified atom stereocenters. The highest BCUT2D eigenvalue weighted by molar-refractivity contribution is 5.78. The predicted molar refractivity (Wildman–Crippen MR) is 113 cm³/mol. The summed E-state index contributed by atoms with van der Waals surface area (Å²) in [6.07, 6.45) is 0. The van der Waals surface area contributed by atoms with Gasteiger partial charge in [-0.3, -0.25) is 9.69 Å². The van der Waals surface area contributed by atoms with Crippen molar-refractivity contribution in [2.75, 3.05) is 26.3 Å². The molecule has 2 atom stereocenters. The van der Waals surface area contributed by atoms with Gasteiger partial charge in [0.15, 0.2) is 18.1 Å². The first-order valence-corrected chi connectivity index (χ1v) is 10.4. The van der Waals surface area contributed by atoms with Gasteiger partial charge in [0, 0.05) is 37.8 Å². The molecule has 0 bridgehead atoms. The minimum Gasteiger partial charge on any atom is -0.490 e. The van der Waals surface area contributed by atoms with Crippen molar-refractivity contribution in [1.29, 1.82) is 0 Å². The van der Waals surface area contributed by atoms with Crippen LogP contribution in [0.2, 0.25) is 0 Å². The standard InChI is InChI=1S/C22H37N3O3/c1-7-27-21-10-18(12-24-11-17(6)19(23)13-24)8-9-20(21)28-14-22(26)25(15(2)3)16(4)5/h8-10,15-17,19H,7,11-14,23H2,1-6H3. The van der Waals surface area contributed by atoms with Crippen molar-refractivity contribution in [2.45, 2.75) is 66.2 Å². The Kier molecular flexibility index (Phi) is 8.13. The second-order valence-corrected chi connectivity index (χ2v) is 8.33. The van der Waals surface area contributed by atoms with Crippen molar-refractivity contribution in [1.82, 2.24) is 9.80 Å². The van der Waals surface area contributed by atoms with Crippen molar-refractivity contribution < 1.29 is 14.3 Å². The number of likely N-dealkylation sites (tertiary alicyclic amines) is 1. The van der Waals surface area contributed by atoms with Gasteiger partial charge in [0.1, 0.15) is 0 Å². The summed E-state index contributed by atoms with van der Waals surface area (Å²) in [5.41, 5.74) is 7.30. The number of hydrogen-bond donors (Lipinski definition) is 1. The molecule has 1 aromatic rings. The lowest BCUT2D eigenvalue weighted by Gasteiger charge is -2.30.